The molecule has 0 bridgehead atoms. The number of alkyl halides is 3. The summed E-state index contributed by atoms with van der Waals surface area (Å²) in [6.45, 7) is 8.96. The molecule has 2 aliphatic heterocycles. The van der Waals surface area contributed by atoms with Gasteiger partial charge in [-0.25, -0.2) is 15.0 Å². The van der Waals surface area contributed by atoms with E-state index in [9.17, 15) is 27.6 Å². The number of anilines is 3. The van der Waals surface area contributed by atoms with E-state index >= 15 is 0 Å². The monoisotopic (exact) mass is 752 g/mol. The average Bonchev–Trinajstić information content (AvgIpc) is 3.78. The van der Waals surface area contributed by atoms with Gasteiger partial charge in [0.2, 0.25) is 17.2 Å². The molecule has 5 heterocycles. The Morgan fingerprint density at radius 3 is 2.49 bits per heavy atom. The van der Waals surface area contributed by atoms with Gasteiger partial charge in [-0.05, 0) is 75.3 Å². The van der Waals surface area contributed by atoms with E-state index < -0.39 is 17.6 Å². The van der Waals surface area contributed by atoms with E-state index in [4.69, 9.17) is 26.3 Å². The number of nitrogens with zero attached hydrogens (tertiary/aromatic N) is 7. The van der Waals surface area contributed by atoms with E-state index in [1.807, 2.05) is 32.6 Å². The first kappa shape index (κ1) is 36.4. The summed E-state index contributed by atoms with van der Waals surface area (Å²) in [5.41, 5.74) is 2.02. The Hall–Kier alpha value is -4.92. The number of piperazine rings is 1. The standard InChI is InChI=1S/C37H40ClF3N8O4/c1-6-26-32(47-12-11-46(17-20(47)3)36(52)30-21(4)19(2)15-43-35(30)53-5)33(51)31-34(42-16-28(45-31)48-10-9-22-13-27(22)48)49(26)18-29(50)44-25-8-7-23(14-24(25)38)37(39,40)41/h7-8,14-16,20,22,27H,6,9-13,17-18H2,1-5H3,(H,44,50)/t20-,22+,27-/m0/s1. The van der Waals surface area contributed by atoms with E-state index in [2.05, 4.69) is 15.2 Å². The Morgan fingerprint density at radius 1 is 1.09 bits per heavy atom. The van der Waals surface area contributed by atoms with Crippen molar-refractivity contribution in [3.63, 3.8) is 0 Å². The van der Waals surface area contributed by atoms with Gasteiger partial charge in [-0.2, -0.15) is 13.2 Å². The van der Waals surface area contributed by atoms with Crippen molar-refractivity contribution < 1.29 is 27.5 Å². The first-order chi connectivity index (χ1) is 25.2. The minimum absolute atomic E-state index is 0.0137. The lowest BCUT2D eigenvalue weighted by atomic mass is 10.0. The van der Waals surface area contributed by atoms with Gasteiger partial charge in [-0.3, -0.25) is 14.4 Å². The topological polar surface area (TPSA) is 126 Å². The summed E-state index contributed by atoms with van der Waals surface area (Å²) >= 11 is 6.17. The SMILES string of the molecule is CCc1c(N2CCN(C(=O)c3c(OC)ncc(C)c3C)C[C@@H]2C)c(=O)c2nc(N3CC[C@@H]4C[C@@H]43)cnc2n1CC(=O)Nc1ccc(C(F)(F)F)cc1Cl. The van der Waals surface area contributed by atoms with Gasteiger partial charge in [0.15, 0.2) is 11.2 Å². The zero-order valence-electron chi connectivity index (χ0n) is 30.1. The molecule has 1 saturated carbocycles. The molecule has 0 spiro atoms. The Bertz CT molecular complexity index is 2190. The number of ether oxygens (including phenoxy) is 1. The van der Waals surface area contributed by atoms with Crippen LogP contribution in [-0.2, 0) is 23.9 Å². The van der Waals surface area contributed by atoms with E-state index in [0.29, 0.717) is 60.8 Å². The fourth-order valence-electron chi connectivity index (χ4n) is 7.70. The molecule has 7 rings (SSSR count). The van der Waals surface area contributed by atoms with Gasteiger partial charge < -0.3 is 29.3 Å². The summed E-state index contributed by atoms with van der Waals surface area (Å²) < 4.78 is 46.9. The molecule has 3 fully saturated rings. The second kappa shape index (κ2) is 13.8. The molecule has 280 valence electrons. The number of piperidine rings is 1. The largest absolute Gasteiger partial charge is 0.480 e. The highest BCUT2D eigenvalue weighted by atomic mass is 35.5. The quantitative estimate of drug-likeness (QED) is 0.244. The highest BCUT2D eigenvalue weighted by molar-refractivity contribution is 6.33. The van der Waals surface area contributed by atoms with E-state index in [-0.39, 0.29) is 51.7 Å². The van der Waals surface area contributed by atoms with Crippen LogP contribution in [-0.4, -0.2) is 81.6 Å². The van der Waals surface area contributed by atoms with Gasteiger partial charge in [-0.1, -0.05) is 18.5 Å². The van der Waals surface area contributed by atoms with Crippen molar-refractivity contribution in [3.05, 3.63) is 73.8 Å². The third-order valence-corrected chi connectivity index (χ3v) is 11.0. The minimum Gasteiger partial charge on any atom is -0.480 e. The van der Waals surface area contributed by atoms with Gasteiger partial charge in [0, 0.05) is 50.2 Å². The maximum atomic E-state index is 14.6. The third-order valence-electron chi connectivity index (χ3n) is 10.7. The predicted octanol–water partition coefficient (Wildman–Crippen LogP) is 5.63. The van der Waals surface area contributed by atoms with Gasteiger partial charge in [0.25, 0.3) is 5.91 Å². The van der Waals surface area contributed by atoms with Crippen LogP contribution in [0, 0.1) is 19.8 Å². The first-order valence-electron chi connectivity index (χ1n) is 17.6. The minimum atomic E-state index is -4.60. The Morgan fingerprint density at radius 2 is 1.87 bits per heavy atom. The lowest BCUT2D eigenvalue weighted by molar-refractivity contribution is -0.137. The number of aromatic nitrogens is 4. The van der Waals surface area contributed by atoms with Crippen LogP contribution in [0.1, 0.15) is 59.4 Å². The molecular formula is C37H40ClF3N8O4. The molecule has 1 aliphatic carbocycles. The lowest BCUT2D eigenvalue weighted by Gasteiger charge is -2.42. The summed E-state index contributed by atoms with van der Waals surface area (Å²) in [5.74, 6) is 0.665. The second-order valence-electron chi connectivity index (χ2n) is 14.0. The normalized spacial score (nSPS) is 19.8. The van der Waals surface area contributed by atoms with Crippen LogP contribution in [0.15, 0.2) is 35.4 Å². The van der Waals surface area contributed by atoms with Crippen LogP contribution in [0.2, 0.25) is 5.02 Å². The molecule has 12 nitrogen and oxygen atoms in total. The molecule has 16 heteroatoms. The maximum Gasteiger partial charge on any atom is 0.416 e. The summed E-state index contributed by atoms with van der Waals surface area (Å²) in [7, 11) is 1.48. The lowest BCUT2D eigenvalue weighted by Crippen LogP contribution is -2.55. The van der Waals surface area contributed by atoms with Crippen LogP contribution in [0.3, 0.4) is 0 Å². The third kappa shape index (κ3) is 6.64. The number of methoxy groups -OCH3 is 1. The smallest absolute Gasteiger partial charge is 0.416 e. The highest BCUT2D eigenvalue weighted by Crippen LogP contribution is 2.46. The molecule has 0 unspecified atom stereocenters. The van der Waals surface area contributed by atoms with Crippen molar-refractivity contribution in [1.82, 2.24) is 24.4 Å². The highest BCUT2D eigenvalue weighted by Gasteiger charge is 2.47. The number of aryl methyl sites for hydroxylation is 1. The Labute approximate surface area is 308 Å². The molecule has 1 aromatic carbocycles. The number of hydrogen-bond acceptors (Lipinski definition) is 9. The Balaban J connectivity index is 1.25. The summed E-state index contributed by atoms with van der Waals surface area (Å²) in [4.78, 5) is 61.9. The number of amides is 2. The molecular weight excluding hydrogens is 713 g/mol. The van der Waals surface area contributed by atoms with Crippen molar-refractivity contribution in [2.75, 3.05) is 48.4 Å². The zero-order chi connectivity index (χ0) is 37.9. The van der Waals surface area contributed by atoms with E-state index in [1.54, 1.807) is 21.9 Å². The molecule has 53 heavy (non-hydrogen) atoms. The van der Waals surface area contributed by atoms with Crippen molar-refractivity contribution in [2.45, 2.75) is 71.8 Å². The number of nitrogens with one attached hydrogen (secondary N) is 1. The Kier molecular flexibility index (Phi) is 9.49. The van der Waals surface area contributed by atoms with E-state index in [0.717, 1.165) is 48.7 Å². The number of halogens is 4. The fraction of sp³-hybridized carbons (Fsp3) is 0.459. The van der Waals surface area contributed by atoms with E-state index in [1.165, 1.54) is 7.11 Å². The number of benzene rings is 1. The zero-order valence-corrected chi connectivity index (χ0v) is 30.8. The number of fused-ring (bicyclic) bond motifs is 2. The summed E-state index contributed by atoms with van der Waals surface area (Å²) in [6.07, 6.45) is 1.16. The van der Waals surface area contributed by atoms with Gasteiger partial charge >= 0.3 is 6.18 Å². The van der Waals surface area contributed by atoms with Crippen LogP contribution >= 0.6 is 11.6 Å². The molecule has 3 aliphatic rings. The van der Waals surface area contributed by atoms with Crippen LogP contribution < -0.4 is 25.3 Å². The van der Waals surface area contributed by atoms with Crippen molar-refractivity contribution >= 4 is 51.8 Å². The number of carbonyl (C=O) groups is 2. The number of hydrogen-bond donors (Lipinski definition) is 1. The molecule has 0 radical (unpaired) electrons. The average molecular weight is 753 g/mol. The molecule has 3 atom stereocenters. The van der Waals surface area contributed by atoms with Crippen molar-refractivity contribution in [3.8, 4) is 5.88 Å². The van der Waals surface area contributed by atoms with Gasteiger partial charge in [-0.15, -0.1) is 0 Å². The van der Waals surface area contributed by atoms with Gasteiger partial charge in [0.1, 0.15) is 23.6 Å². The molecule has 1 N–H and O–H groups in total. The number of rotatable bonds is 8. The number of carbonyl (C=O) groups excluding carboxylic acids is 2. The second-order valence-corrected chi connectivity index (χ2v) is 14.4. The van der Waals surface area contributed by atoms with Gasteiger partial charge in [0.05, 0.1) is 29.6 Å². The molecule has 2 saturated heterocycles. The summed E-state index contributed by atoms with van der Waals surface area (Å²) in [5, 5.41) is 2.36. The molecule has 4 aromatic rings. The summed E-state index contributed by atoms with van der Waals surface area (Å²) in [6, 6.07) is 2.77. The molecule has 2 amide bonds. The fourth-order valence-corrected chi connectivity index (χ4v) is 7.93. The maximum absolute atomic E-state index is 14.6. The van der Waals surface area contributed by atoms with Crippen LogP contribution in [0.5, 0.6) is 5.88 Å². The van der Waals surface area contributed by atoms with Crippen molar-refractivity contribution in [2.24, 2.45) is 5.92 Å². The van der Waals surface area contributed by atoms with Crippen molar-refractivity contribution in [1.29, 1.82) is 0 Å². The molecule has 3 aromatic heterocycles. The van der Waals surface area contributed by atoms with Crippen LogP contribution in [0.4, 0.5) is 30.4 Å². The predicted molar refractivity (Wildman–Crippen MR) is 195 cm³/mol. The first-order valence-corrected chi connectivity index (χ1v) is 18.0. The number of pyridine rings is 2. The van der Waals surface area contributed by atoms with Crippen LogP contribution in [0.25, 0.3) is 11.2 Å².